The molecule has 0 radical (unpaired) electrons. The minimum atomic E-state index is -0.451. The molecule has 4 heteroatoms. The molecule has 0 fully saturated rings. The van der Waals surface area contributed by atoms with Gasteiger partial charge < -0.3 is 5.32 Å². The molecule has 148 valence electrons. The van der Waals surface area contributed by atoms with Gasteiger partial charge in [0.25, 0.3) is 0 Å². The molecule has 1 aliphatic carbocycles. The second kappa shape index (κ2) is 8.81. The van der Waals surface area contributed by atoms with Crippen LogP contribution in [0.5, 0.6) is 0 Å². The van der Waals surface area contributed by atoms with Crippen LogP contribution in [0.3, 0.4) is 0 Å². The predicted octanol–water partition coefficient (Wildman–Crippen LogP) is 6.00. The van der Waals surface area contributed by atoms with E-state index in [2.05, 4.69) is 34.9 Å². The number of carbonyl (C=O) groups is 1. The second-order valence-corrected chi connectivity index (χ2v) is 8.01. The quantitative estimate of drug-likeness (QED) is 0.547. The van der Waals surface area contributed by atoms with Gasteiger partial charge in [-0.3, -0.25) is 10.1 Å². The van der Waals surface area contributed by atoms with Crippen molar-refractivity contribution in [1.82, 2.24) is 5.32 Å². The van der Waals surface area contributed by atoms with Crippen molar-refractivity contribution in [2.75, 3.05) is 5.32 Å². The van der Waals surface area contributed by atoms with Crippen LogP contribution in [0.4, 0.5) is 5.69 Å². The van der Waals surface area contributed by atoms with Crippen LogP contribution in [0.1, 0.15) is 47.2 Å². The van der Waals surface area contributed by atoms with E-state index in [4.69, 9.17) is 11.6 Å². The Labute approximate surface area is 177 Å². The molecule has 1 amide bonds. The molecule has 2 atom stereocenters. The van der Waals surface area contributed by atoms with Gasteiger partial charge in [0.1, 0.15) is 6.04 Å². The molecule has 0 aromatic heterocycles. The van der Waals surface area contributed by atoms with E-state index in [-0.39, 0.29) is 11.9 Å². The summed E-state index contributed by atoms with van der Waals surface area (Å²) < 4.78 is 0. The molecule has 0 unspecified atom stereocenters. The van der Waals surface area contributed by atoms with Gasteiger partial charge in [-0.2, -0.15) is 0 Å². The lowest BCUT2D eigenvalue weighted by Gasteiger charge is -2.30. The number of nitrogens with one attached hydrogen (secondary N) is 2. The van der Waals surface area contributed by atoms with Gasteiger partial charge >= 0.3 is 0 Å². The van der Waals surface area contributed by atoms with E-state index in [1.165, 1.54) is 11.1 Å². The highest BCUT2D eigenvalue weighted by Crippen LogP contribution is 2.32. The van der Waals surface area contributed by atoms with Gasteiger partial charge in [-0.25, -0.2) is 0 Å². The van der Waals surface area contributed by atoms with Gasteiger partial charge in [0.15, 0.2) is 0 Å². The maximum absolute atomic E-state index is 13.3. The zero-order valence-electron chi connectivity index (χ0n) is 16.5. The molecule has 1 aliphatic rings. The zero-order valence-corrected chi connectivity index (χ0v) is 17.2. The Balaban J connectivity index is 1.61. The summed E-state index contributed by atoms with van der Waals surface area (Å²) in [7, 11) is 0. The fourth-order valence-electron chi connectivity index (χ4n) is 3.98. The molecule has 0 saturated carbocycles. The average molecular weight is 405 g/mol. The summed E-state index contributed by atoms with van der Waals surface area (Å²) >= 11 is 6.24. The van der Waals surface area contributed by atoms with Crippen LogP contribution in [0.15, 0.2) is 72.8 Å². The maximum atomic E-state index is 13.3. The number of carbonyl (C=O) groups excluding carboxylic acids is 1. The second-order valence-electron chi connectivity index (χ2n) is 7.61. The van der Waals surface area contributed by atoms with E-state index in [9.17, 15) is 4.79 Å². The Morgan fingerprint density at radius 3 is 2.59 bits per heavy atom. The molecule has 3 nitrogen and oxygen atoms in total. The lowest BCUT2D eigenvalue weighted by atomic mass is 9.87. The van der Waals surface area contributed by atoms with Crippen molar-refractivity contribution < 1.29 is 4.79 Å². The monoisotopic (exact) mass is 404 g/mol. The highest BCUT2D eigenvalue weighted by atomic mass is 35.5. The van der Waals surface area contributed by atoms with Gasteiger partial charge in [0, 0.05) is 16.8 Å². The number of anilines is 1. The molecule has 2 N–H and O–H groups in total. The number of hydrogen-bond acceptors (Lipinski definition) is 2. The largest absolute Gasteiger partial charge is 0.324 e. The Hall–Kier alpha value is -2.62. The van der Waals surface area contributed by atoms with Gasteiger partial charge in [0.2, 0.25) is 5.91 Å². The van der Waals surface area contributed by atoms with Crippen molar-refractivity contribution in [3.8, 4) is 0 Å². The van der Waals surface area contributed by atoms with Crippen molar-refractivity contribution in [3.05, 3.63) is 100 Å². The summed E-state index contributed by atoms with van der Waals surface area (Å²) in [5.74, 6) is -0.0841. The van der Waals surface area contributed by atoms with Crippen molar-refractivity contribution in [1.29, 1.82) is 0 Å². The van der Waals surface area contributed by atoms with Crippen LogP contribution < -0.4 is 10.6 Å². The first-order valence-corrected chi connectivity index (χ1v) is 10.5. The lowest BCUT2D eigenvalue weighted by molar-refractivity contribution is -0.118. The van der Waals surface area contributed by atoms with E-state index < -0.39 is 6.04 Å². The Morgan fingerprint density at radius 1 is 1.03 bits per heavy atom. The highest BCUT2D eigenvalue weighted by Gasteiger charge is 2.27. The van der Waals surface area contributed by atoms with Crippen LogP contribution in [0, 0.1) is 6.92 Å². The Bertz CT molecular complexity index is 1000. The molecular weight excluding hydrogens is 380 g/mol. The van der Waals surface area contributed by atoms with E-state index in [1.54, 1.807) is 6.07 Å². The molecule has 0 spiro atoms. The third kappa shape index (κ3) is 4.52. The molecule has 3 aromatic rings. The normalized spacial score (nSPS) is 16.7. The van der Waals surface area contributed by atoms with Crippen LogP contribution in [0.25, 0.3) is 0 Å². The van der Waals surface area contributed by atoms with E-state index >= 15 is 0 Å². The van der Waals surface area contributed by atoms with Crippen molar-refractivity contribution in [2.24, 2.45) is 0 Å². The first-order valence-electron chi connectivity index (χ1n) is 10.1. The summed E-state index contributed by atoms with van der Waals surface area (Å²) in [6.45, 7) is 1.95. The number of benzene rings is 3. The molecule has 0 aliphatic heterocycles. The number of fused-ring (bicyclic) bond motifs is 1. The number of hydrogen-bond donors (Lipinski definition) is 2. The zero-order chi connectivity index (χ0) is 20.2. The van der Waals surface area contributed by atoms with E-state index in [0.717, 1.165) is 30.4 Å². The van der Waals surface area contributed by atoms with Crippen molar-refractivity contribution in [3.63, 3.8) is 0 Å². The number of halogens is 1. The predicted molar refractivity (Wildman–Crippen MR) is 119 cm³/mol. The molecule has 4 rings (SSSR count). The Kier molecular flexibility index (Phi) is 5.98. The van der Waals surface area contributed by atoms with Gasteiger partial charge in [-0.05, 0) is 60.6 Å². The van der Waals surface area contributed by atoms with Gasteiger partial charge in [-0.15, -0.1) is 0 Å². The summed E-state index contributed by atoms with van der Waals surface area (Å²) in [5, 5.41) is 7.31. The van der Waals surface area contributed by atoms with Crippen molar-refractivity contribution >= 4 is 23.2 Å². The number of aryl methyl sites for hydroxylation is 2. The third-order valence-corrected chi connectivity index (χ3v) is 5.98. The van der Waals surface area contributed by atoms with Crippen LogP contribution in [-0.4, -0.2) is 5.91 Å². The SMILES string of the molecule is Cc1ccc(NC(=O)[C@H](N[C@@H]2CCCc3ccccc32)c2ccccc2)cc1Cl. The summed E-state index contributed by atoms with van der Waals surface area (Å²) in [4.78, 5) is 13.3. The fourth-order valence-corrected chi connectivity index (χ4v) is 4.16. The number of amides is 1. The summed E-state index contributed by atoms with van der Waals surface area (Å²) in [6.07, 6.45) is 3.23. The standard InChI is InChI=1S/C25H25ClN2O/c1-17-14-15-20(16-22(17)26)27-25(29)24(19-9-3-2-4-10-19)28-23-13-7-11-18-8-5-6-12-21(18)23/h2-6,8-10,12,14-16,23-24,28H,7,11,13H2,1H3,(H,27,29)/t23-,24-/m1/s1. The van der Waals surface area contributed by atoms with Crippen LogP contribution in [-0.2, 0) is 11.2 Å². The molecule has 3 aromatic carbocycles. The molecule has 0 bridgehead atoms. The third-order valence-electron chi connectivity index (χ3n) is 5.57. The first kappa shape index (κ1) is 19.7. The lowest BCUT2D eigenvalue weighted by Crippen LogP contribution is -2.36. The van der Waals surface area contributed by atoms with Crippen LogP contribution >= 0.6 is 11.6 Å². The minimum Gasteiger partial charge on any atom is -0.324 e. The van der Waals surface area contributed by atoms with E-state index in [1.807, 2.05) is 49.4 Å². The maximum Gasteiger partial charge on any atom is 0.246 e. The van der Waals surface area contributed by atoms with E-state index in [0.29, 0.717) is 10.7 Å². The average Bonchev–Trinajstić information content (AvgIpc) is 2.75. The summed E-state index contributed by atoms with van der Waals surface area (Å²) in [5.41, 5.74) is 5.31. The smallest absolute Gasteiger partial charge is 0.246 e. The highest BCUT2D eigenvalue weighted by molar-refractivity contribution is 6.31. The van der Waals surface area contributed by atoms with Crippen LogP contribution in [0.2, 0.25) is 5.02 Å². The first-order chi connectivity index (χ1) is 14.1. The van der Waals surface area contributed by atoms with Gasteiger partial charge in [-0.1, -0.05) is 72.3 Å². The minimum absolute atomic E-state index is 0.0841. The molecule has 0 heterocycles. The molecular formula is C25H25ClN2O. The topological polar surface area (TPSA) is 41.1 Å². The van der Waals surface area contributed by atoms with Crippen molar-refractivity contribution in [2.45, 2.75) is 38.3 Å². The Morgan fingerprint density at radius 2 is 1.79 bits per heavy atom. The van der Waals surface area contributed by atoms with Gasteiger partial charge in [0.05, 0.1) is 0 Å². The number of rotatable bonds is 5. The summed E-state index contributed by atoms with van der Waals surface area (Å²) in [6, 6.07) is 23.7. The molecule has 29 heavy (non-hydrogen) atoms. The molecule has 0 saturated heterocycles. The fraction of sp³-hybridized carbons (Fsp3) is 0.240.